The van der Waals surface area contributed by atoms with E-state index < -0.39 is 0 Å². The summed E-state index contributed by atoms with van der Waals surface area (Å²) in [5.41, 5.74) is 6.16. The van der Waals surface area contributed by atoms with Crippen LogP contribution in [0.2, 0.25) is 0 Å². The Labute approximate surface area is 122 Å². The Kier molecular flexibility index (Phi) is 4.91. The minimum atomic E-state index is 0.177. The Bertz CT molecular complexity index is 558. The third kappa shape index (κ3) is 3.45. The van der Waals surface area contributed by atoms with Crippen LogP contribution >= 0.6 is 0 Å². The second-order valence-corrected chi connectivity index (χ2v) is 5.51. The van der Waals surface area contributed by atoms with Gasteiger partial charge in [0.25, 0.3) is 0 Å². The van der Waals surface area contributed by atoms with Crippen LogP contribution in [0.5, 0.6) is 0 Å². The van der Waals surface area contributed by atoms with E-state index in [-0.39, 0.29) is 6.04 Å². The number of hydrogen-bond donors (Lipinski definition) is 1. The third-order valence-corrected chi connectivity index (χ3v) is 3.54. The molecule has 2 heteroatoms. The van der Waals surface area contributed by atoms with Gasteiger partial charge >= 0.3 is 0 Å². The molecule has 2 rings (SSSR count). The van der Waals surface area contributed by atoms with Gasteiger partial charge in [-0.25, -0.2) is 0 Å². The summed E-state index contributed by atoms with van der Waals surface area (Å²) in [5, 5.41) is 3.62. The molecular weight excluding hydrogens is 244 g/mol. The fraction of sp³-hybridized carbons (Fsp3) is 0.389. The van der Waals surface area contributed by atoms with E-state index in [0.717, 1.165) is 18.7 Å². The first-order valence-corrected chi connectivity index (χ1v) is 7.35. The summed E-state index contributed by atoms with van der Waals surface area (Å²) < 4.78 is 0. The number of nitrogens with zero attached hydrogens (tertiary/aromatic N) is 1. The van der Waals surface area contributed by atoms with Crippen LogP contribution in [0.15, 0.2) is 36.5 Å². The van der Waals surface area contributed by atoms with Crippen LogP contribution in [0.1, 0.15) is 47.3 Å². The van der Waals surface area contributed by atoms with Crippen molar-refractivity contribution >= 4 is 0 Å². The van der Waals surface area contributed by atoms with Crippen molar-refractivity contribution in [3.63, 3.8) is 0 Å². The van der Waals surface area contributed by atoms with E-state index in [1.54, 1.807) is 0 Å². The smallest absolute Gasteiger partial charge is 0.0754 e. The second-order valence-electron chi connectivity index (χ2n) is 5.51. The van der Waals surface area contributed by atoms with Crippen LogP contribution in [-0.4, -0.2) is 11.5 Å². The Morgan fingerprint density at radius 2 is 1.75 bits per heavy atom. The molecule has 2 nitrogen and oxygen atoms in total. The van der Waals surface area contributed by atoms with E-state index in [1.807, 2.05) is 6.20 Å². The topological polar surface area (TPSA) is 24.9 Å². The zero-order valence-corrected chi connectivity index (χ0v) is 12.9. The van der Waals surface area contributed by atoms with Gasteiger partial charge in [0, 0.05) is 6.20 Å². The Balaban J connectivity index is 2.38. The minimum absolute atomic E-state index is 0.177. The molecule has 0 aliphatic heterocycles. The quantitative estimate of drug-likeness (QED) is 0.883. The summed E-state index contributed by atoms with van der Waals surface area (Å²) >= 11 is 0. The molecule has 0 radical (unpaired) electrons. The number of hydrogen-bond acceptors (Lipinski definition) is 2. The standard InChI is InChI=1S/C18H24N2/c1-5-10-19-18(16-8-6-13(2)7-9-16)17-15(4)11-14(3)12-20-17/h6-9,11-12,18-19H,5,10H2,1-4H3. The molecular formula is C18H24N2. The van der Waals surface area contributed by atoms with Crippen LogP contribution in [-0.2, 0) is 0 Å². The molecule has 1 atom stereocenters. The molecule has 1 heterocycles. The van der Waals surface area contributed by atoms with Crippen molar-refractivity contribution in [2.24, 2.45) is 0 Å². The Morgan fingerprint density at radius 1 is 1.05 bits per heavy atom. The molecule has 0 amide bonds. The third-order valence-electron chi connectivity index (χ3n) is 3.54. The second kappa shape index (κ2) is 6.67. The average Bonchev–Trinajstić information content (AvgIpc) is 2.42. The van der Waals surface area contributed by atoms with Crippen molar-refractivity contribution in [2.45, 2.75) is 40.2 Å². The molecule has 0 fully saturated rings. The number of nitrogens with one attached hydrogen (secondary N) is 1. The lowest BCUT2D eigenvalue weighted by molar-refractivity contribution is 0.583. The fourth-order valence-electron chi connectivity index (χ4n) is 2.45. The average molecular weight is 268 g/mol. The van der Waals surface area contributed by atoms with Crippen molar-refractivity contribution in [2.75, 3.05) is 6.54 Å². The van der Waals surface area contributed by atoms with Gasteiger partial charge in [-0.1, -0.05) is 42.8 Å². The summed E-state index contributed by atoms with van der Waals surface area (Å²) in [6.07, 6.45) is 3.07. The van der Waals surface area contributed by atoms with E-state index in [9.17, 15) is 0 Å². The van der Waals surface area contributed by atoms with E-state index >= 15 is 0 Å². The fourth-order valence-corrected chi connectivity index (χ4v) is 2.45. The lowest BCUT2D eigenvalue weighted by atomic mass is 9.98. The molecule has 106 valence electrons. The highest BCUT2D eigenvalue weighted by molar-refractivity contribution is 5.35. The largest absolute Gasteiger partial charge is 0.305 e. The minimum Gasteiger partial charge on any atom is -0.305 e. The summed E-state index contributed by atoms with van der Waals surface area (Å²) in [4.78, 5) is 4.67. The van der Waals surface area contributed by atoms with Gasteiger partial charge in [0.05, 0.1) is 11.7 Å². The van der Waals surface area contributed by atoms with Crippen LogP contribution in [0.3, 0.4) is 0 Å². The SMILES string of the molecule is CCCNC(c1ccc(C)cc1)c1ncc(C)cc1C. The predicted octanol–water partition coefficient (Wildman–Crippen LogP) is 4.10. The van der Waals surface area contributed by atoms with Crippen LogP contribution < -0.4 is 5.32 Å². The molecule has 0 aliphatic rings. The molecule has 2 aromatic rings. The number of pyridine rings is 1. The van der Waals surface area contributed by atoms with Crippen molar-refractivity contribution < 1.29 is 0 Å². The van der Waals surface area contributed by atoms with Gasteiger partial charge < -0.3 is 5.32 Å². The van der Waals surface area contributed by atoms with Crippen LogP contribution in [0, 0.1) is 20.8 Å². The number of aromatic nitrogens is 1. The first kappa shape index (κ1) is 14.7. The molecule has 0 spiro atoms. The first-order valence-electron chi connectivity index (χ1n) is 7.35. The Hall–Kier alpha value is -1.67. The van der Waals surface area contributed by atoms with E-state index in [4.69, 9.17) is 0 Å². The van der Waals surface area contributed by atoms with Crippen molar-refractivity contribution in [1.82, 2.24) is 10.3 Å². The molecule has 0 saturated carbocycles. The molecule has 0 aliphatic carbocycles. The van der Waals surface area contributed by atoms with Gasteiger partial charge in [-0.3, -0.25) is 4.98 Å². The van der Waals surface area contributed by atoms with E-state index in [2.05, 4.69) is 68.3 Å². The maximum Gasteiger partial charge on any atom is 0.0754 e. The zero-order chi connectivity index (χ0) is 14.5. The monoisotopic (exact) mass is 268 g/mol. The van der Waals surface area contributed by atoms with Crippen molar-refractivity contribution in [3.05, 3.63) is 64.5 Å². The number of benzene rings is 1. The molecule has 1 aromatic heterocycles. The molecule has 0 saturated heterocycles. The Morgan fingerprint density at radius 3 is 2.35 bits per heavy atom. The summed E-state index contributed by atoms with van der Waals surface area (Å²) in [6.45, 7) is 9.53. The van der Waals surface area contributed by atoms with Gasteiger partial charge in [-0.15, -0.1) is 0 Å². The summed E-state index contributed by atoms with van der Waals surface area (Å²) in [5.74, 6) is 0. The van der Waals surface area contributed by atoms with Gasteiger partial charge in [0.2, 0.25) is 0 Å². The van der Waals surface area contributed by atoms with Gasteiger partial charge in [-0.2, -0.15) is 0 Å². The zero-order valence-electron chi connectivity index (χ0n) is 12.9. The van der Waals surface area contributed by atoms with E-state index in [1.165, 1.54) is 22.3 Å². The lowest BCUT2D eigenvalue weighted by Crippen LogP contribution is -2.25. The molecule has 20 heavy (non-hydrogen) atoms. The predicted molar refractivity (Wildman–Crippen MR) is 85.0 cm³/mol. The maximum atomic E-state index is 4.67. The summed E-state index contributed by atoms with van der Waals surface area (Å²) in [7, 11) is 0. The highest BCUT2D eigenvalue weighted by atomic mass is 14.9. The first-order chi connectivity index (χ1) is 9.61. The van der Waals surface area contributed by atoms with Gasteiger partial charge in [-0.05, 0) is 50.4 Å². The lowest BCUT2D eigenvalue weighted by Gasteiger charge is -2.21. The highest BCUT2D eigenvalue weighted by Crippen LogP contribution is 2.24. The molecule has 0 bridgehead atoms. The van der Waals surface area contributed by atoms with Crippen LogP contribution in [0.4, 0.5) is 0 Å². The van der Waals surface area contributed by atoms with Gasteiger partial charge in [0.15, 0.2) is 0 Å². The normalized spacial score (nSPS) is 12.4. The molecule has 1 aromatic carbocycles. The van der Waals surface area contributed by atoms with Crippen molar-refractivity contribution in [3.8, 4) is 0 Å². The summed E-state index contributed by atoms with van der Waals surface area (Å²) in [6, 6.07) is 11.1. The molecule has 1 unspecified atom stereocenters. The van der Waals surface area contributed by atoms with Crippen molar-refractivity contribution in [1.29, 1.82) is 0 Å². The highest BCUT2D eigenvalue weighted by Gasteiger charge is 2.16. The molecule has 1 N–H and O–H groups in total. The number of aryl methyl sites for hydroxylation is 3. The van der Waals surface area contributed by atoms with Gasteiger partial charge in [0.1, 0.15) is 0 Å². The van der Waals surface area contributed by atoms with Crippen LogP contribution in [0.25, 0.3) is 0 Å². The van der Waals surface area contributed by atoms with E-state index in [0.29, 0.717) is 0 Å². The number of rotatable bonds is 5. The maximum absolute atomic E-state index is 4.67.